The number of nitrogens with zero attached hydrogens (tertiary/aromatic N) is 1. The number of pyridine rings is 1. The summed E-state index contributed by atoms with van der Waals surface area (Å²) in [6.45, 7) is 3.26. The molecule has 0 aliphatic carbocycles. The topological polar surface area (TPSA) is 33.1 Å². The summed E-state index contributed by atoms with van der Waals surface area (Å²) >= 11 is 0. The van der Waals surface area contributed by atoms with Crippen LogP contribution in [0, 0.1) is 6.92 Å². The molecule has 0 fully saturated rings. The first-order valence-corrected chi connectivity index (χ1v) is 4.14. The molecular weight excluding hydrogens is 252 g/mol. The molecule has 1 aromatic heterocycles. The summed E-state index contributed by atoms with van der Waals surface area (Å²) in [5, 5.41) is 8.91. The lowest BCUT2D eigenvalue weighted by molar-refractivity contribution is -0.377. The third-order valence-corrected chi connectivity index (χ3v) is 2.02. The van der Waals surface area contributed by atoms with E-state index in [1.54, 1.807) is 0 Å². The summed E-state index contributed by atoms with van der Waals surface area (Å²) < 4.78 is 74.2. The van der Waals surface area contributed by atoms with E-state index in [1.165, 1.54) is 0 Å². The quantitative estimate of drug-likeness (QED) is 0.785. The zero-order valence-corrected chi connectivity index (χ0v) is 8.10. The number of halogens is 6. The Balaban J connectivity index is 3.41. The Labute approximate surface area is 91.9 Å². The molecule has 1 aromatic rings. The van der Waals surface area contributed by atoms with Gasteiger partial charge in [-0.05, 0) is 18.6 Å². The fourth-order valence-corrected chi connectivity index (χ4v) is 1.09. The summed E-state index contributed by atoms with van der Waals surface area (Å²) in [7, 11) is 0. The molecule has 0 aliphatic rings. The summed E-state index contributed by atoms with van der Waals surface area (Å²) in [4.78, 5) is 2.93. The lowest BCUT2D eigenvalue weighted by atomic mass is 9.97. The molecule has 95 valence electrons. The fourth-order valence-electron chi connectivity index (χ4n) is 1.09. The van der Waals surface area contributed by atoms with Crippen molar-refractivity contribution >= 4 is 0 Å². The number of aliphatic hydroxyl groups is 1. The highest BCUT2D eigenvalue weighted by molar-refractivity contribution is 5.23. The molecule has 0 amide bonds. The van der Waals surface area contributed by atoms with Crippen molar-refractivity contribution in [3.05, 3.63) is 36.5 Å². The Hall–Kier alpha value is -1.31. The predicted octanol–water partition coefficient (Wildman–Crippen LogP) is 2.58. The van der Waals surface area contributed by atoms with Crippen molar-refractivity contribution in [3.63, 3.8) is 0 Å². The highest BCUT2D eigenvalue weighted by Gasteiger charge is 2.72. The maximum atomic E-state index is 12.4. The van der Waals surface area contributed by atoms with E-state index in [0.717, 1.165) is 6.07 Å². The van der Waals surface area contributed by atoms with Crippen molar-refractivity contribution in [1.82, 2.24) is 4.98 Å². The second-order valence-electron chi connectivity index (χ2n) is 3.26. The molecule has 0 aromatic carbocycles. The van der Waals surface area contributed by atoms with Crippen LogP contribution >= 0.6 is 0 Å². The van der Waals surface area contributed by atoms with Crippen LogP contribution in [0.25, 0.3) is 0 Å². The van der Waals surface area contributed by atoms with Gasteiger partial charge >= 0.3 is 12.4 Å². The maximum absolute atomic E-state index is 12.4. The molecule has 1 radical (unpaired) electrons. The Morgan fingerprint density at radius 2 is 1.47 bits per heavy atom. The van der Waals surface area contributed by atoms with E-state index in [4.69, 9.17) is 5.11 Å². The Morgan fingerprint density at radius 3 is 1.76 bits per heavy atom. The molecule has 1 N–H and O–H groups in total. The normalized spacial score (nSPS) is 13.9. The molecule has 1 heterocycles. The number of aromatic nitrogens is 1. The minimum atomic E-state index is -5.92. The number of hydrogen-bond acceptors (Lipinski definition) is 2. The summed E-state index contributed by atoms with van der Waals surface area (Å²) in [5.74, 6) is 0. The molecular formula is C9H6F6NO. The molecule has 0 unspecified atom stereocenters. The second-order valence-corrected chi connectivity index (χ2v) is 3.26. The van der Waals surface area contributed by atoms with E-state index in [0.29, 0.717) is 12.3 Å². The lowest BCUT2D eigenvalue weighted by Gasteiger charge is -2.31. The van der Waals surface area contributed by atoms with Crippen molar-refractivity contribution in [3.8, 4) is 0 Å². The number of rotatable bonds is 1. The molecule has 0 aliphatic heterocycles. The fraction of sp³-hybridized carbons (Fsp3) is 0.333. The zero-order chi connectivity index (χ0) is 13.5. The maximum Gasteiger partial charge on any atom is 0.432 e. The van der Waals surface area contributed by atoms with Gasteiger partial charge in [0.25, 0.3) is 5.60 Å². The summed E-state index contributed by atoms with van der Waals surface area (Å²) in [6.07, 6.45) is -11.1. The standard InChI is InChI=1S/C9H6F6NO/c1-5-2-3-6(16-4-5)7(17,8(10,11)12)9(13,14)15/h2-4,17H,1H2. The van der Waals surface area contributed by atoms with Gasteiger partial charge in [-0.25, -0.2) is 0 Å². The van der Waals surface area contributed by atoms with Gasteiger partial charge in [0.15, 0.2) is 0 Å². The monoisotopic (exact) mass is 258 g/mol. The van der Waals surface area contributed by atoms with Gasteiger partial charge in [-0.1, -0.05) is 6.07 Å². The smallest absolute Gasteiger partial charge is 0.368 e. The van der Waals surface area contributed by atoms with Gasteiger partial charge in [0, 0.05) is 6.20 Å². The Morgan fingerprint density at radius 1 is 1.00 bits per heavy atom. The minimum Gasteiger partial charge on any atom is -0.368 e. The van der Waals surface area contributed by atoms with E-state index in [9.17, 15) is 26.3 Å². The SMILES string of the molecule is [CH2]c1ccc(C(O)(C(F)(F)F)C(F)(F)F)nc1. The molecule has 0 saturated heterocycles. The van der Waals surface area contributed by atoms with E-state index in [2.05, 4.69) is 11.9 Å². The lowest BCUT2D eigenvalue weighted by Crippen LogP contribution is -2.54. The molecule has 0 bridgehead atoms. The van der Waals surface area contributed by atoms with E-state index < -0.39 is 23.6 Å². The highest BCUT2D eigenvalue weighted by Crippen LogP contribution is 2.49. The molecule has 0 spiro atoms. The van der Waals surface area contributed by atoms with Crippen LogP contribution in [0.2, 0.25) is 0 Å². The summed E-state index contributed by atoms with van der Waals surface area (Å²) in [6, 6.07) is 1.33. The Kier molecular flexibility index (Phi) is 3.13. The number of alkyl halides is 6. The average molecular weight is 258 g/mol. The van der Waals surface area contributed by atoms with Crippen molar-refractivity contribution in [1.29, 1.82) is 0 Å². The first-order chi connectivity index (χ1) is 7.50. The van der Waals surface area contributed by atoms with Crippen LogP contribution < -0.4 is 0 Å². The van der Waals surface area contributed by atoms with E-state index >= 15 is 0 Å². The van der Waals surface area contributed by atoms with Crippen LogP contribution in [0.1, 0.15) is 11.3 Å². The van der Waals surface area contributed by atoms with Gasteiger partial charge in [-0.15, -0.1) is 0 Å². The number of hydrogen-bond donors (Lipinski definition) is 1. The minimum absolute atomic E-state index is 0.125. The van der Waals surface area contributed by atoms with Crippen LogP contribution in [0.5, 0.6) is 0 Å². The van der Waals surface area contributed by atoms with Crippen molar-refractivity contribution < 1.29 is 31.4 Å². The van der Waals surface area contributed by atoms with Crippen LogP contribution in [-0.2, 0) is 5.60 Å². The van der Waals surface area contributed by atoms with Gasteiger partial charge < -0.3 is 5.11 Å². The van der Waals surface area contributed by atoms with Crippen LogP contribution in [0.4, 0.5) is 26.3 Å². The van der Waals surface area contributed by atoms with Gasteiger partial charge in [0.05, 0.1) is 5.69 Å². The van der Waals surface area contributed by atoms with Gasteiger partial charge in [0.2, 0.25) is 0 Å². The van der Waals surface area contributed by atoms with Gasteiger partial charge in [-0.2, -0.15) is 26.3 Å². The highest BCUT2D eigenvalue weighted by atomic mass is 19.4. The van der Waals surface area contributed by atoms with Crippen LogP contribution in [0.3, 0.4) is 0 Å². The molecule has 1 rings (SSSR count). The van der Waals surface area contributed by atoms with Crippen LogP contribution in [0.15, 0.2) is 18.3 Å². The molecule has 2 nitrogen and oxygen atoms in total. The molecule has 0 atom stereocenters. The third-order valence-electron chi connectivity index (χ3n) is 2.02. The average Bonchev–Trinajstić information content (AvgIpc) is 2.14. The zero-order valence-electron chi connectivity index (χ0n) is 8.10. The third kappa shape index (κ3) is 2.21. The largest absolute Gasteiger partial charge is 0.432 e. The van der Waals surface area contributed by atoms with E-state index in [1.807, 2.05) is 0 Å². The van der Waals surface area contributed by atoms with Crippen LogP contribution in [-0.4, -0.2) is 22.4 Å². The Bertz CT molecular complexity index is 379. The summed E-state index contributed by atoms with van der Waals surface area (Å²) in [5.41, 5.74) is -6.39. The molecule has 8 heteroatoms. The molecule has 17 heavy (non-hydrogen) atoms. The first kappa shape index (κ1) is 13.8. The second kappa shape index (κ2) is 3.86. The van der Waals surface area contributed by atoms with Crippen molar-refractivity contribution in [2.75, 3.05) is 0 Å². The predicted molar refractivity (Wildman–Crippen MR) is 44.7 cm³/mol. The van der Waals surface area contributed by atoms with Gasteiger partial charge in [-0.3, -0.25) is 4.98 Å². The van der Waals surface area contributed by atoms with Crippen molar-refractivity contribution in [2.24, 2.45) is 0 Å². The first-order valence-electron chi connectivity index (χ1n) is 4.14. The van der Waals surface area contributed by atoms with E-state index in [-0.39, 0.29) is 5.56 Å². The molecule has 0 saturated carbocycles. The van der Waals surface area contributed by atoms with Gasteiger partial charge in [0.1, 0.15) is 0 Å². The van der Waals surface area contributed by atoms with Crippen molar-refractivity contribution in [2.45, 2.75) is 18.0 Å².